The maximum Gasteiger partial charge on any atom is 0.405 e. The smallest absolute Gasteiger partial charge is 0.342 e. The van der Waals surface area contributed by atoms with Crippen molar-refractivity contribution in [1.82, 2.24) is 24.8 Å². The molecule has 2 aromatic heterocycles. The monoisotopic (exact) mass is 417 g/mol. The summed E-state index contributed by atoms with van der Waals surface area (Å²) < 4.78 is 63.1. The minimum absolute atomic E-state index is 0.0722. The maximum absolute atomic E-state index is 12.6. The number of H-pyrrole nitrogens is 1. The van der Waals surface area contributed by atoms with E-state index in [0.29, 0.717) is 18.5 Å². The molecule has 1 amide bonds. The molecule has 0 aliphatic carbocycles. The van der Waals surface area contributed by atoms with Crippen molar-refractivity contribution < 1.29 is 26.4 Å². The Morgan fingerprint density at radius 2 is 2.04 bits per heavy atom. The Hall–Kier alpha value is -2.47. The first-order valence-electron chi connectivity index (χ1n) is 8.47. The lowest BCUT2D eigenvalue weighted by Gasteiger charge is -2.30. The van der Waals surface area contributed by atoms with Crippen LogP contribution in [0.25, 0.3) is 0 Å². The number of sulfonamides is 1. The minimum Gasteiger partial charge on any atom is -0.342 e. The molecule has 1 aliphatic heterocycles. The van der Waals surface area contributed by atoms with E-state index in [0.717, 1.165) is 0 Å². The Bertz CT molecular complexity index is 923. The molecule has 0 unspecified atom stereocenters. The fraction of sp³-hybridized carbons (Fsp3) is 0.438. The number of hydrogen-bond acceptors (Lipinski definition) is 5. The Kier molecular flexibility index (Phi) is 5.70. The molecule has 0 saturated carbocycles. The number of rotatable bonds is 5. The molecule has 0 atom stereocenters. The van der Waals surface area contributed by atoms with Crippen LogP contribution in [0.4, 0.5) is 13.2 Å². The second kappa shape index (κ2) is 7.87. The number of nitrogens with zero attached hydrogens (tertiary/aromatic N) is 3. The van der Waals surface area contributed by atoms with Crippen molar-refractivity contribution in [2.45, 2.75) is 29.8 Å². The number of aromatic amines is 1. The van der Waals surface area contributed by atoms with Crippen LogP contribution in [-0.4, -0.2) is 59.6 Å². The summed E-state index contributed by atoms with van der Waals surface area (Å²) in [6, 6.07) is 4.44. The number of aromatic nitrogens is 3. The summed E-state index contributed by atoms with van der Waals surface area (Å²) in [5.74, 6) is -0.992. The molecule has 28 heavy (non-hydrogen) atoms. The summed E-state index contributed by atoms with van der Waals surface area (Å²) in [4.78, 5) is 15.7. The molecule has 8 nitrogen and oxygen atoms in total. The van der Waals surface area contributed by atoms with Crippen LogP contribution in [0, 0.1) is 0 Å². The number of hydrogen-bond donors (Lipinski definition) is 2. The largest absolute Gasteiger partial charge is 0.405 e. The molecule has 2 N–H and O–H groups in total. The van der Waals surface area contributed by atoms with Crippen molar-refractivity contribution in [2.24, 2.45) is 0 Å². The van der Waals surface area contributed by atoms with Crippen molar-refractivity contribution in [3.63, 3.8) is 0 Å². The Morgan fingerprint density at radius 3 is 2.64 bits per heavy atom. The first-order valence-corrected chi connectivity index (χ1v) is 9.91. The first kappa shape index (κ1) is 20.3. The number of halogens is 3. The van der Waals surface area contributed by atoms with Gasteiger partial charge in [-0.25, -0.2) is 8.42 Å². The van der Waals surface area contributed by atoms with Crippen LogP contribution >= 0.6 is 0 Å². The molecular weight excluding hydrogens is 399 g/mol. The van der Waals surface area contributed by atoms with E-state index in [-0.39, 0.29) is 29.6 Å². The zero-order valence-corrected chi connectivity index (χ0v) is 15.4. The van der Waals surface area contributed by atoms with Crippen LogP contribution < -0.4 is 5.32 Å². The number of carbonyl (C=O) groups is 1. The van der Waals surface area contributed by atoms with Gasteiger partial charge in [0.2, 0.25) is 10.0 Å². The van der Waals surface area contributed by atoms with Gasteiger partial charge in [0, 0.05) is 37.1 Å². The van der Waals surface area contributed by atoms with E-state index in [1.54, 1.807) is 11.4 Å². The number of nitrogens with one attached hydrogen (secondary N) is 2. The quantitative estimate of drug-likeness (QED) is 0.769. The van der Waals surface area contributed by atoms with Crippen LogP contribution in [0.1, 0.15) is 34.9 Å². The third-order valence-electron chi connectivity index (χ3n) is 4.45. The maximum atomic E-state index is 12.6. The summed E-state index contributed by atoms with van der Waals surface area (Å²) in [5, 5.41) is 8.19. The van der Waals surface area contributed by atoms with Gasteiger partial charge in [-0.05, 0) is 31.0 Å². The Labute approximate surface area is 159 Å². The molecule has 0 spiro atoms. The van der Waals surface area contributed by atoms with Crippen LogP contribution in [-0.2, 0) is 10.0 Å². The summed E-state index contributed by atoms with van der Waals surface area (Å²) in [6.45, 7) is -0.883. The van der Waals surface area contributed by atoms with Gasteiger partial charge in [-0.3, -0.25) is 14.9 Å². The topological polar surface area (TPSA) is 108 Å². The van der Waals surface area contributed by atoms with E-state index in [1.807, 2.05) is 0 Å². The van der Waals surface area contributed by atoms with Crippen molar-refractivity contribution in [3.05, 3.63) is 42.0 Å². The predicted molar refractivity (Wildman–Crippen MR) is 91.9 cm³/mol. The minimum atomic E-state index is -4.50. The fourth-order valence-corrected chi connectivity index (χ4v) is 4.42. The van der Waals surface area contributed by atoms with Crippen LogP contribution in [0.3, 0.4) is 0 Å². The summed E-state index contributed by atoms with van der Waals surface area (Å²) in [7, 11) is -3.62. The van der Waals surface area contributed by atoms with Gasteiger partial charge in [0.15, 0.2) is 0 Å². The first-order chi connectivity index (χ1) is 13.2. The Morgan fingerprint density at radius 1 is 1.32 bits per heavy atom. The van der Waals surface area contributed by atoms with E-state index in [4.69, 9.17) is 0 Å². The summed E-state index contributed by atoms with van der Waals surface area (Å²) in [6.07, 6.45) is -0.730. The molecule has 1 fully saturated rings. The SMILES string of the molecule is O=C(NCC(F)(F)F)c1cc(C2CCN(S(=O)(=O)c3cccnc3)CC2)[nH]n1. The van der Waals surface area contributed by atoms with Crippen LogP contribution in [0.5, 0.6) is 0 Å². The summed E-state index contributed by atoms with van der Waals surface area (Å²) in [5.41, 5.74) is 0.459. The van der Waals surface area contributed by atoms with Crippen molar-refractivity contribution >= 4 is 15.9 Å². The van der Waals surface area contributed by atoms with Crippen molar-refractivity contribution in [1.29, 1.82) is 0 Å². The number of pyridine rings is 1. The molecule has 1 saturated heterocycles. The molecule has 0 aromatic carbocycles. The number of alkyl halides is 3. The standard InChI is InChI=1S/C16H18F3N5O3S/c17-16(18,19)10-21-15(25)14-8-13(22-23-14)11-3-6-24(7-4-11)28(26,27)12-2-1-5-20-9-12/h1-2,5,8-9,11H,3-4,6-7,10H2,(H,21,25)(H,22,23). The van der Waals surface area contributed by atoms with Gasteiger partial charge in [0.1, 0.15) is 17.1 Å². The number of carbonyl (C=O) groups excluding carboxylic acids is 1. The zero-order valence-electron chi connectivity index (χ0n) is 14.6. The molecule has 3 heterocycles. The molecule has 12 heteroatoms. The van der Waals surface area contributed by atoms with Gasteiger partial charge in [0.25, 0.3) is 5.91 Å². The lowest BCUT2D eigenvalue weighted by Crippen LogP contribution is -2.38. The molecule has 152 valence electrons. The lowest BCUT2D eigenvalue weighted by molar-refractivity contribution is -0.123. The van der Waals surface area contributed by atoms with Gasteiger partial charge < -0.3 is 5.32 Å². The van der Waals surface area contributed by atoms with E-state index in [9.17, 15) is 26.4 Å². The van der Waals surface area contributed by atoms with E-state index < -0.39 is 28.7 Å². The molecule has 0 radical (unpaired) electrons. The van der Waals surface area contributed by atoms with Crippen LogP contribution in [0.2, 0.25) is 0 Å². The van der Waals surface area contributed by atoms with Crippen molar-refractivity contribution in [3.8, 4) is 0 Å². The molecular formula is C16H18F3N5O3S. The molecule has 3 rings (SSSR count). The highest BCUT2D eigenvalue weighted by atomic mass is 32.2. The van der Waals surface area contributed by atoms with Gasteiger partial charge >= 0.3 is 6.18 Å². The third kappa shape index (κ3) is 4.68. The lowest BCUT2D eigenvalue weighted by atomic mass is 9.94. The van der Waals surface area contributed by atoms with Gasteiger partial charge in [-0.2, -0.15) is 22.6 Å². The van der Waals surface area contributed by atoms with Crippen LogP contribution in [0.15, 0.2) is 35.5 Å². The number of piperidine rings is 1. The highest BCUT2D eigenvalue weighted by Crippen LogP contribution is 2.29. The number of amides is 1. The van der Waals surface area contributed by atoms with E-state index in [1.165, 1.54) is 28.8 Å². The summed E-state index contributed by atoms with van der Waals surface area (Å²) >= 11 is 0. The Balaban J connectivity index is 1.60. The highest BCUT2D eigenvalue weighted by Gasteiger charge is 2.32. The second-order valence-electron chi connectivity index (χ2n) is 6.37. The molecule has 0 bridgehead atoms. The average Bonchev–Trinajstić information content (AvgIpc) is 3.16. The van der Waals surface area contributed by atoms with Gasteiger partial charge in [-0.1, -0.05) is 0 Å². The van der Waals surface area contributed by atoms with Gasteiger partial charge in [0.05, 0.1) is 0 Å². The van der Waals surface area contributed by atoms with Crippen molar-refractivity contribution in [2.75, 3.05) is 19.6 Å². The highest BCUT2D eigenvalue weighted by molar-refractivity contribution is 7.89. The van der Waals surface area contributed by atoms with E-state index in [2.05, 4.69) is 15.2 Å². The average molecular weight is 417 g/mol. The fourth-order valence-electron chi connectivity index (χ4n) is 2.99. The molecule has 1 aliphatic rings. The van der Waals surface area contributed by atoms with E-state index >= 15 is 0 Å². The normalized spacial score (nSPS) is 16.8. The third-order valence-corrected chi connectivity index (χ3v) is 6.33. The molecule has 2 aromatic rings. The predicted octanol–water partition coefficient (Wildman–Crippen LogP) is 1.67. The second-order valence-corrected chi connectivity index (χ2v) is 8.31. The van der Waals surface area contributed by atoms with Gasteiger partial charge in [-0.15, -0.1) is 0 Å². The zero-order chi connectivity index (χ0) is 20.4.